The first-order valence-corrected chi connectivity index (χ1v) is 8.34. The maximum Gasteiger partial charge on any atom is 0.416 e. The number of rotatable bonds is 4. The van der Waals surface area contributed by atoms with Crippen LogP contribution in [0.15, 0.2) is 18.3 Å². The van der Waals surface area contributed by atoms with E-state index in [2.05, 4.69) is 4.98 Å². The zero-order chi connectivity index (χ0) is 18.0. The number of aromatic nitrogens is 1. The van der Waals surface area contributed by atoms with E-state index in [0.29, 0.717) is 25.4 Å². The van der Waals surface area contributed by atoms with Crippen molar-refractivity contribution in [3.63, 3.8) is 0 Å². The van der Waals surface area contributed by atoms with Gasteiger partial charge >= 0.3 is 12.1 Å². The van der Waals surface area contributed by atoms with Crippen molar-refractivity contribution in [2.24, 2.45) is 0 Å². The third-order valence-corrected chi connectivity index (χ3v) is 4.15. The minimum Gasteiger partial charge on any atom is -0.466 e. The van der Waals surface area contributed by atoms with E-state index in [1.165, 1.54) is 4.90 Å². The summed E-state index contributed by atoms with van der Waals surface area (Å²) in [5, 5.41) is 0. The van der Waals surface area contributed by atoms with E-state index < -0.39 is 17.1 Å². The van der Waals surface area contributed by atoms with Crippen molar-refractivity contribution in [1.82, 2.24) is 4.98 Å². The molecule has 0 radical (unpaired) electrons. The highest BCUT2D eigenvalue weighted by atomic mass is 16.6. The number of carbonyl (C=O) groups is 2. The van der Waals surface area contributed by atoms with Crippen molar-refractivity contribution in [2.75, 3.05) is 18.1 Å². The average Bonchev–Trinajstić information content (AvgIpc) is 2.81. The quantitative estimate of drug-likeness (QED) is 0.789. The van der Waals surface area contributed by atoms with Gasteiger partial charge in [-0.15, -0.1) is 0 Å². The summed E-state index contributed by atoms with van der Waals surface area (Å²) in [6.07, 6.45) is 2.12. The van der Waals surface area contributed by atoms with Crippen LogP contribution in [0.4, 0.5) is 10.6 Å². The molecule has 2 rings (SSSR count). The van der Waals surface area contributed by atoms with Crippen LogP contribution >= 0.6 is 0 Å². The number of ether oxygens (including phenoxy) is 2. The number of hydrogen-bond acceptors (Lipinski definition) is 5. The van der Waals surface area contributed by atoms with Gasteiger partial charge in [-0.2, -0.15) is 0 Å². The summed E-state index contributed by atoms with van der Waals surface area (Å²) >= 11 is 0. The lowest BCUT2D eigenvalue weighted by Gasteiger charge is -2.28. The molecule has 0 spiro atoms. The third kappa shape index (κ3) is 3.68. The molecule has 24 heavy (non-hydrogen) atoms. The van der Waals surface area contributed by atoms with Gasteiger partial charge in [-0.1, -0.05) is 13.0 Å². The zero-order valence-electron chi connectivity index (χ0n) is 15.1. The molecule has 1 atom stereocenters. The fraction of sp³-hybridized carbons (Fsp3) is 0.611. The number of fused-ring (bicyclic) bond motifs is 1. The summed E-state index contributed by atoms with van der Waals surface area (Å²) in [5.74, 6) is 0.304. The average molecular weight is 334 g/mol. The Morgan fingerprint density at radius 1 is 1.33 bits per heavy atom. The van der Waals surface area contributed by atoms with Gasteiger partial charge < -0.3 is 9.47 Å². The minimum atomic E-state index is -0.593. The Hall–Kier alpha value is -2.11. The third-order valence-electron chi connectivity index (χ3n) is 4.15. The Labute approximate surface area is 143 Å². The SMILES string of the molecule is CCOC(=O)CC1(CC)CN(C(=O)OC(C)(C)C)c2ncccc21. The second-order valence-electron chi connectivity index (χ2n) is 7.06. The molecule has 6 nitrogen and oxygen atoms in total. The fourth-order valence-corrected chi connectivity index (χ4v) is 3.02. The van der Waals surface area contributed by atoms with E-state index in [4.69, 9.17) is 9.47 Å². The van der Waals surface area contributed by atoms with Crippen LogP contribution in [0.2, 0.25) is 0 Å². The standard InChI is InChI=1S/C18H26N2O4/c1-6-18(11-14(21)23-7-2)12-20(16(22)24-17(3,4)5)15-13(18)9-8-10-19-15/h8-10H,6-7,11-12H2,1-5H3. The smallest absolute Gasteiger partial charge is 0.416 e. The molecule has 1 aromatic heterocycles. The lowest BCUT2D eigenvalue weighted by atomic mass is 9.77. The maximum atomic E-state index is 12.6. The van der Waals surface area contributed by atoms with Gasteiger partial charge in [0.25, 0.3) is 0 Å². The summed E-state index contributed by atoms with van der Waals surface area (Å²) in [6, 6.07) is 3.75. The molecule has 0 bridgehead atoms. The molecule has 1 amide bonds. The van der Waals surface area contributed by atoms with Crippen molar-refractivity contribution in [1.29, 1.82) is 0 Å². The molecule has 0 N–H and O–H groups in total. The van der Waals surface area contributed by atoms with Gasteiger partial charge in [0.05, 0.1) is 13.0 Å². The highest BCUT2D eigenvalue weighted by Gasteiger charge is 2.47. The normalized spacial score (nSPS) is 19.8. The molecular weight excluding hydrogens is 308 g/mol. The van der Waals surface area contributed by atoms with E-state index in [1.807, 2.05) is 39.8 Å². The van der Waals surface area contributed by atoms with Gasteiger partial charge in [-0.05, 0) is 40.2 Å². The molecular formula is C18H26N2O4. The summed E-state index contributed by atoms with van der Waals surface area (Å²) in [7, 11) is 0. The molecule has 1 aliphatic heterocycles. The molecule has 1 aliphatic rings. The Bertz CT molecular complexity index is 624. The molecule has 0 saturated heterocycles. The Balaban J connectivity index is 2.36. The number of amides is 1. The maximum absolute atomic E-state index is 12.6. The van der Waals surface area contributed by atoms with E-state index in [0.717, 1.165) is 5.56 Å². The van der Waals surface area contributed by atoms with Crippen LogP contribution in [0.1, 0.15) is 53.0 Å². The first kappa shape index (κ1) is 18.2. The lowest BCUT2D eigenvalue weighted by molar-refractivity contribution is -0.144. The number of nitrogens with zero attached hydrogens (tertiary/aromatic N) is 2. The molecule has 132 valence electrons. The minimum absolute atomic E-state index is 0.218. The number of esters is 1. The van der Waals surface area contributed by atoms with E-state index >= 15 is 0 Å². The van der Waals surface area contributed by atoms with Crippen molar-refractivity contribution < 1.29 is 19.1 Å². The van der Waals surface area contributed by atoms with Crippen molar-refractivity contribution >= 4 is 17.9 Å². The van der Waals surface area contributed by atoms with Crippen LogP contribution in [-0.2, 0) is 19.7 Å². The van der Waals surface area contributed by atoms with Gasteiger partial charge in [0.15, 0.2) is 0 Å². The zero-order valence-corrected chi connectivity index (χ0v) is 15.1. The van der Waals surface area contributed by atoms with Crippen LogP contribution in [0, 0.1) is 0 Å². The van der Waals surface area contributed by atoms with Gasteiger partial charge in [-0.3, -0.25) is 9.69 Å². The monoisotopic (exact) mass is 334 g/mol. The summed E-state index contributed by atoms with van der Waals surface area (Å²) < 4.78 is 10.6. The molecule has 0 aliphatic carbocycles. The Morgan fingerprint density at radius 2 is 2.04 bits per heavy atom. The highest BCUT2D eigenvalue weighted by molar-refractivity contribution is 5.91. The molecule has 1 aromatic rings. The van der Waals surface area contributed by atoms with Crippen LogP contribution in [-0.4, -0.2) is 35.8 Å². The second-order valence-corrected chi connectivity index (χ2v) is 7.06. The van der Waals surface area contributed by atoms with E-state index in [1.54, 1.807) is 13.1 Å². The lowest BCUT2D eigenvalue weighted by Crippen LogP contribution is -2.41. The summed E-state index contributed by atoms with van der Waals surface area (Å²) in [6.45, 7) is 9.98. The summed E-state index contributed by atoms with van der Waals surface area (Å²) in [4.78, 5) is 30.6. The van der Waals surface area contributed by atoms with Gasteiger partial charge in [0, 0.05) is 23.7 Å². The topological polar surface area (TPSA) is 68.7 Å². The summed E-state index contributed by atoms with van der Waals surface area (Å²) in [5.41, 5.74) is -0.191. The van der Waals surface area contributed by atoms with Gasteiger partial charge in [-0.25, -0.2) is 9.78 Å². The molecule has 0 saturated carbocycles. The van der Waals surface area contributed by atoms with Crippen LogP contribution in [0.3, 0.4) is 0 Å². The predicted molar refractivity (Wildman–Crippen MR) is 91.0 cm³/mol. The van der Waals surface area contributed by atoms with Gasteiger partial charge in [0.1, 0.15) is 11.4 Å². The number of hydrogen-bond donors (Lipinski definition) is 0. The molecule has 2 heterocycles. The van der Waals surface area contributed by atoms with Crippen LogP contribution in [0.5, 0.6) is 0 Å². The van der Waals surface area contributed by atoms with Crippen molar-refractivity contribution in [3.05, 3.63) is 23.9 Å². The number of carbonyl (C=O) groups excluding carboxylic acids is 2. The first-order valence-electron chi connectivity index (χ1n) is 8.34. The number of anilines is 1. The Morgan fingerprint density at radius 3 is 2.62 bits per heavy atom. The van der Waals surface area contributed by atoms with E-state index in [9.17, 15) is 9.59 Å². The van der Waals surface area contributed by atoms with E-state index in [-0.39, 0.29) is 12.4 Å². The van der Waals surface area contributed by atoms with Crippen LogP contribution in [0.25, 0.3) is 0 Å². The van der Waals surface area contributed by atoms with Gasteiger partial charge in [0.2, 0.25) is 0 Å². The molecule has 1 unspecified atom stereocenters. The van der Waals surface area contributed by atoms with Crippen molar-refractivity contribution in [2.45, 2.75) is 58.5 Å². The fourth-order valence-electron chi connectivity index (χ4n) is 3.02. The largest absolute Gasteiger partial charge is 0.466 e. The Kier molecular flexibility index (Phi) is 5.16. The first-order chi connectivity index (χ1) is 11.2. The molecule has 6 heteroatoms. The number of pyridine rings is 1. The molecule has 0 aromatic carbocycles. The predicted octanol–water partition coefficient (Wildman–Crippen LogP) is 3.44. The second kappa shape index (κ2) is 6.79. The van der Waals surface area contributed by atoms with Crippen molar-refractivity contribution in [3.8, 4) is 0 Å². The van der Waals surface area contributed by atoms with Crippen LogP contribution < -0.4 is 4.90 Å². The highest BCUT2D eigenvalue weighted by Crippen LogP contribution is 2.44. The molecule has 0 fully saturated rings.